The number of Topliss-reactive ketones (excluding diaryl/α,β-unsaturated/α-hetero) is 2. The lowest BCUT2D eigenvalue weighted by molar-refractivity contribution is -0.124. The molecule has 1 aromatic carbocycles. The molecule has 0 spiro atoms. The predicted octanol–water partition coefficient (Wildman–Crippen LogP) is 7.80. The normalized spacial score (nSPS) is 24.0. The van der Waals surface area contributed by atoms with Gasteiger partial charge in [0.1, 0.15) is 11.5 Å². The topological polar surface area (TPSA) is 76.7 Å². The van der Waals surface area contributed by atoms with E-state index in [1.807, 2.05) is 25.1 Å². The van der Waals surface area contributed by atoms with Gasteiger partial charge in [-0.2, -0.15) is 13.2 Å². The number of aliphatic imine (C=N–C) groups is 1. The highest BCUT2D eigenvalue weighted by atomic mass is 19.4. The molecular weight excluding hydrogens is 565 g/mol. The number of hydrogen-bond acceptors (Lipinski definition) is 5. The summed E-state index contributed by atoms with van der Waals surface area (Å²) in [5.41, 5.74) is 3.18. The smallest absolute Gasteiger partial charge is 0.299 e. The van der Waals surface area contributed by atoms with Crippen LogP contribution in [0.2, 0.25) is 0 Å². The van der Waals surface area contributed by atoms with Crippen LogP contribution in [0.15, 0.2) is 47.9 Å². The number of carbonyl (C=O) groups is 2. The molecule has 2 fully saturated rings. The minimum atomic E-state index is -4.54. The summed E-state index contributed by atoms with van der Waals surface area (Å²) in [4.78, 5) is 38.6. The van der Waals surface area contributed by atoms with Gasteiger partial charge in [-0.15, -0.1) is 0 Å². The van der Waals surface area contributed by atoms with E-state index >= 15 is 0 Å². The van der Waals surface area contributed by atoms with Crippen LogP contribution >= 0.6 is 0 Å². The van der Waals surface area contributed by atoms with Crippen LogP contribution in [-0.4, -0.2) is 44.4 Å². The van der Waals surface area contributed by atoms with Crippen LogP contribution < -0.4 is 0 Å². The summed E-state index contributed by atoms with van der Waals surface area (Å²) in [6, 6.07) is 5.80. The maximum absolute atomic E-state index is 13.5. The molecule has 0 unspecified atom stereocenters. The molecule has 2 saturated carbocycles. The van der Waals surface area contributed by atoms with E-state index in [-0.39, 0.29) is 23.8 Å². The average molecular weight is 605 g/mol. The Labute approximate surface area is 255 Å². The summed E-state index contributed by atoms with van der Waals surface area (Å²) in [6.45, 7) is 4.17. The largest absolute Gasteiger partial charge is 0.433 e. The van der Waals surface area contributed by atoms with E-state index < -0.39 is 11.9 Å². The molecule has 0 bridgehead atoms. The molecule has 3 heterocycles. The van der Waals surface area contributed by atoms with Crippen molar-refractivity contribution in [1.82, 2.24) is 14.4 Å². The quantitative estimate of drug-likeness (QED) is 0.234. The molecule has 3 aliphatic rings. The monoisotopic (exact) mass is 604 g/mol. The number of allylic oxidation sites excluding steroid dienone is 1. The highest BCUT2D eigenvalue weighted by molar-refractivity contribution is 6.27. The Morgan fingerprint density at radius 3 is 2.43 bits per heavy atom. The molecule has 0 saturated heterocycles. The number of alkyl halides is 3. The summed E-state index contributed by atoms with van der Waals surface area (Å²) in [7, 11) is 0. The Balaban J connectivity index is 1.07. The molecule has 6 rings (SSSR count). The van der Waals surface area contributed by atoms with Crippen LogP contribution in [0.3, 0.4) is 0 Å². The van der Waals surface area contributed by atoms with Crippen LogP contribution in [0.25, 0.3) is 11.2 Å². The number of rotatable bonds is 9. The minimum absolute atomic E-state index is 0.0121. The van der Waals surface area contributed by atoms with Crippen LogP contribution in [0.1, 0.15) is 97.6 Å². The van der Waals surface area contributed by atoms with E-state index in [1.165, 1.54) is 18.7 Å². The second-order valence-corrected chi connectivity index (χ2v) is 13.1. The zero-order valence-electron chi connectivity index (χ0n) is 25.4. The van der Waals surface area contributed by atoms with E-state index in [4.69, 9.17) is 0 Å². The maximum Gasteiger partial charge on any atom is 0.433 e. The standard InChI is InChI=1S/C35H39F3N4O2/c1-21-3-9-26(15-21)31(43)18-23-4-6-24(7-5-23)19-32(44)27-10-8-25(16-22(27)2)17-29-34-41-20-30(42(34)14-13-39-29)28-11-12-40-33(28)35(36,37)38/h8,10-11,13-14,16,20-21,23-24,26H,3-7,9,12,15,17-19H2,1-2H3/t21-,23?,24?,26-/m0/s1. The van der Waals surface area contributed by atoms with Crippen molar-refractivity contribution >= 4 is 28.5 Å². The summed E-state index contributed by atoms with van der Waals surface area (Å²) in [5.74, 6) is 2.37. The van der Waals surface area contributed by atoms with Gasteiger partial charge in [-0.1, -0.05) is 31.2 Å². The van der Waals surface area contributed by atoms with Gasteiger partial charge in [-0.25, -0.2) is 4.98 Å². The Hall–Kier alpha value is -3.62. The SMILES string of the molecule is Cc1cc(Cc2nccn3c(C4=CCN=C4C(F)(F)F)cnc23)ccc1C(=O)CC1CCC(CC(=O)[C@H]2CC[C@H](C)C2)CC1. The van der Waals surface area contributed by atoms with Gasteiger partial charge in [0.15, 0.2) is 11.4 Å². The van der Waals surface area contributed by atoms with E-state index in [0.29, 0.717) is 59.8 Å². The first kappa shape index (κ1) is 30.4. The number of carbonyl (C=O) groups excluding carboxylic acids is 2. The van der Waals surface area contributed by atoms with Gasteiger partial charge >= 0.3 is 6.18 Å². The van der Waals surface area contributed by atoms with Crippen LogP contribution in [0, 0.1) is 30.6 Å². The van der Waals surface area contributed by atoms with Gasteiger partial charge in [0.25, 0.3) is 0 Å². The van der Waals surface area contributed by atoms with Crippen molar-refractivity contribution in [1.29, 1.82) is 0 Å². The zero-order valence-corrected chi connectivity index (χ0v) is 25.4. The van der Waals surface area contributed by atoms with E-state index in [1.54, 1.807) is 16.8 Å². The molecule has 1 aliphatic heterocycles. The van der Waals surface area contributed by atoms with Crippen LogP contribution in [-0.2, 0) is 11.2 Å². The van der Waals surface area contributed by atoms with Gasteiger partial charge in [0.05, 0.1) is 24.1 Å². The summed E-state index contributed by atoms with van der Waals surface area (Å²) < 4.78 is 42.1. The lowest BCUT2D eigenvalue weighted by Crippen LogP contribution is -2.23. The van der Waals surface area contributed by atoms with Crippen molar-refractivity contribution in [2.75, 3.05) is 6.54 Å². The number of imidazole rings is 1. The van der Waals surface area contributed by atoms with Gasteiger partial charge in [-0.3, -0.25) is 24.0 Å². The minimum Gasteiger partial charge on any atom is -0.299 e. The van der Waals surface area contributed by atoms with Crippen LogP contribution in [0.4, 0.5) is 13.2 Å². The summed E-state index contributed by atoms with van der Waals surface area (Å²) in [6.07, 6.45) is 10.5. The van der Waals surface area contributed by atoms with Gasteiger partial charge in [0.2, 0.25) is 0 Å². The molecular formula is C35H39F3N4O2. The average Bonchev–Trinajstić information content (AvgIpc) is 3.74. The van der Waals surface area contributed by atoms with Gasteiger partial charge < -0.3 is 0 Å². The summed E-state index contributed by atoms with van der Waals surface area (Å²) >= 11 is 0. The molecule has 232 valence electrons. The van der Waals surface area contributed by atoms with E-state index in [2.05, 4.69) is 21.9 Å². The number of aryl methyl sites for hydroxylation is 1. The Morgan fingerprint density at radius 2 is 1.75 bits per heavy atom. The third-order valence-electron chi connectivity index (χ3n) is 9.89. The second-order valence-electron chi connectivity index (χ2n) is 13.1. The first-order valence-electron chi connectivity index (χ1n) is 15.9. The molecule has 2 atom stereocenters. The number of ketones is 2. The van der Waals surface area contributed by atoms with Crippen LogP contribution in [0.5, 0.6) is 0 Å². The number of fused-ring (bicyclic) bond motifs is 1. The number of nitrogens with zero attached hydrogens (tertiary/aromatic N) is 4. The molecule has 9 heteroatoms. The lowest BCUT2D eigenvalue weighted by Gasteiger charge is -2.28. The fourth-order valence-electron chi connectivity index (χ4n) is 7.48. The zero-order chi connectivity index (χ0) is 31.0. The van der Waals surface area contributed by atoms with Crippen molar-refractivity contribution < 1.29 is 22.8 Å². The number of benzene rings is 1. The highest BCUT2D eigenvalue weighted by Crippen LogP contribution is 2.37. The molecule has 3 aromatic rings. The molecule has 6 nitrogen and oxygen atoms in total. The number of halogens is 3. The van der Waals surface area contributed by atoms with Crippen molar-refractivity contribution in [2.24, 2.45) is 28.7 Å². The third-order valence-corrected chi connectivity index (χ3v) is 9.89. The molecule has 0 radical (unpaired) electrons. The first-order chi connectivity index (χ1) is 21.1. The van der Waals surface area contributed by atoms with Crippen molar-refractivity contribution in [3.05, 3.63) is 70.9 Å². The molecule has 0 amide bonds. The Morgan fingerprint density at radius 1 is 1.00 bits per heavy atom. The third kappa shape index (κ3) is 6.42. The number of aromatic nitrogens is 3. The Kier molecular flexibility index (Phi) is 8.57. The second kappa shape index (κ2) is 12.4. The van der Waals surface area contributed by atoms with E-state index in [9.17, 15) is 22.8 Å². The maximum atomic E-state index is 13.5. The molecule has 2 aliphatic carbocycles. The van der Waals surface area contributed by atoms with Gasteiger partial charge in [-0.05, 0) is 80.8 Å². The molecule has 0 N–H and O–H groups in total. The van der Waals surface area contributed by atoms with Crippen molar-refractivity contribution in [3.63, 3.8) is 0 Å². The molecule has 44 heavy (non-hydrogen) atoms. The predicted molar refractivity (Wildman–Crippen MR) is 164 cm³/mol. The van der Waals surface area contributed by atoms with Crippen molar-refractivity contribution in [3.8, 4) is 0 Å². The van der Waals surface area contributed by atoms with E-state index in [0.717, 1.165) is 55.2 Å². The first-order valence-corrected chi connectivity index (χ1v) is 15.9. The fraction of sp³-hybridized carbons (Fsp3) is 0.514. The highest BCUT2D eigenvalue weighted by Gasteiger charge is 2.40. The van der Waals surface area contributed by atoms with Gasteiger partial charge in [0, 0.05) is 48.7 Å². The lowest BCUT2D eigenvalue weighted by atomic mass is 9.76. The molecule has 2 aromatic heterocycles. The Bertz CT molecular complexity index is 1630. The fourth-order valence-corrected chi connectivity index (χ4v) is 7.48. The van der Waals surface area contributed by atoms with Crippen molar-refractivity contribution in [2.45, 2.75) is 84.2 Å². The number of hydrogen-bond donors (Lipinski definition) is 0. The summed E-state index contributed by atoms with van der Waals surface area (Å²) in [5, 5.41) is 0.